The first-order valence-corrected chi connectivity index (χ1v) is 10.3. The van der Waals surface area contributed by atoms with Gasteiger partial charge < -0.3 is 20.0 Å². The lowest BCUT2D eigenvalue weighted by Gasteiger charge is -2.39. The summed E-state index contributed by atoms with van der Waals surface area (Å²) in [5, 5.41) is 3.49. The predicted molar refractivity (Wildman–Crippen MR) is 120 cm³/mol. The molecule has 3 saturated heterocycles. The molecule has 3 aliphatic heterocycles. The van der Waals surface area contributed by atoms with E-state index in [4.69, 9.17) is 0 Å². The van der Waals surface area contributed by atoms with Crippen molar-refractivity contribution in [2.75, 3.05) is 63.8 Å². The van der Waals surface area contributed by atoms with Crippen LogP contribution in [0.15, 0.2) is 24.3 Å². The van der Waals surface area contributed by atoms with Crippen molar-refractivity contribution in [3.05, 3.63) is 29.8 Å². The third-order valence-corrected chi connectivity index (χ3v) is 6.74. The molecule has 1 aromatic carbocycles. The van der Waals surface area contributed by atoms with E-state index < -0.39 is 0 Å². The van der Waals surface area contributed by atoms with E-state index in [9.17, 15) is 4.79 Å². The van der Waals surface area contributed by atoms with Crippen LogP contribution >= 0.6 is 24.8 Å². The van der Waals surface area contributed by atoms with Gasteiger partial charge in [-0.3, -0.25) is 4.79 Å². The molecule has 4 rings (SSSR count). The number of carbonyl (C=O) groups excluding carboxylic acids is 1. The second-order valence-electron chi connectivity index (χ2n) is 8.19. The first-order chi connectivity index (χ1) is 12.7. The number of anilines is 1. The molecule has 3 aliphatic rings. The molecule has 0 aliphatic carbocycles. The van der Waals surface area contributed by atoms with Crippen molar-refractivity contribution >= 4 is 36.4 Å². The van der Waals surface area contributed by atoms with Crippen molar-refractivity contribution in [2.45, 2.75) is 26.2 Å². The van der Waals surface area contributed by atoms with Gasteiger partial charge in [-0.1, -0.05) is 6.92 Å². The van der Waals surface area contributed by atoms with Crippen LogP contribution in [0.4, 0.5) is 5.69 Å². The van der Waals surface area contributed by atoms with Crippen molar-refractivity contribution in [3.8, 4) is 0 Å². The Labute approximate surface area is 181 Å². The highest BCUT2D eigenvalue weighted by molar-refractivity contribution is 5.94. The van der Waals surface area contributed by atoms with Crippen molar-refractivity contribution in [3.63, 3.8) is 0 Å². The number of benzene rings is 1. The largest absolute Gasteiger partial charge is 0.369 e. The van der Waals surface area contributed by atoms with E-state index in [-0.39, 0.29) is 30.7 Å². The van der Waals surface area contributed by atoms with Gasteiger partial charge in [0.2, 0.25) is 0 Å². The zero-order chi connectivity index (χ0) is 18.0. The van der Waals surface area contributed by atoms with E-state index in [0.717, 1.165) is 77.3 Å². The minimum Gasteiger partial charge on any atom is -0.369 e. The number of nitrogens with one attached hydrogen (secondary N) is 1. The lowest BCUT2D eigenvalue weighted by molar-refractivity contribution is 0.0607. The SMILES string of the molecule is CCN1CCN(c2ccc(C(=O)N3CCC4(CCNC4)CC3)cc2)CC1.Cl.Cl. The molecule has 1 amide bonds. The summed E-state index contributed by atoms with van der Waals surface area (Å²) < 4.78 is 0. The molecule has 3 heterocycles. The molecule has 28 heavy (non-hydrogen) atoms. The average molecular weight is 429 g/mol. The molecule has 0 atom stereocenters. The van der Waals surface area contributed by atoms with Crippen LogP contribution < -0.4 is 10.2 Å². The number of hydrogen-bond acceptors (Lipinski definition) is 4. The topological polar surface area (TPSA) is 38.8 Å². The Morgan fingerprint density at radius 1 is 0.964 bits per heavy atom. The molecular formula is C21H34Cl2N4O. The van der Waals surface area contributed by atoms with Gasteiger partial charge in [-0.25, -0.2) is 0 Å². The fourth-order valence-electron chi connectivity index (χ4n) is 4.73. The van der Waals surface area contributed by atoms with Gasteiger partial charge in [-0.2, -0.15) is 0 Å². The summed E-state index contributed by atoms with van der Waals surface area (Å²) in [4.78, 5) is 19.8. The fourth-order valence-corrected chi connectivity index (χ4v) is 4.73. The molecule has 0 aromatic heterocycles. The molecule has 3 fully saturated rings. The summed E-state index contributed by atoms with van der Waals surface area (Å²) in [5.74, 6) is 0.202. The standard InChI is InChI=1S/C21H32N4O.2ClH/c1-2-23-13-15-24(16-14-23)19-5-3-18(4-6-19)20(26)25-11-8-21(9-12-25)7-10-22-17-21;;/h3-6,22H,2,7-17H2,1H3;2*1H. The van der Waals surface area contributed by atoms with Gasteiger partial charge >= 0.3 is 0 Å². The highest BCUT2D eigenvalue weighted by Gasteiger charge is 2.38. The molecule has 158 valence electrons. The lowest BCUT2D eigenvalue weighted by atomic mass is 9.78. The molecule has 0 radical (unpaired) electrons. The summed E-state index contributed by atoms with van der Waals surface area (Å²) in [5.41, 5.74) is 2.54. The highest BCUT2D eigenvalue weighted by Crippen LogP contribution is 2.37. The number of amides is 1. The summed E-state index contributed by atoms with van der Waals surface area (Å²) in [7, 11) is 0. The molecule has 1 spiro atoms. The number of piperidine rings is 1. The van der Waals surface area contributed by atoms with Crippen LogP contribution in [0.2, 0.25) is 0 Å². The molecule has 1 aromatic rings. The van der Waals surface area contributed by atoms with Crippen LogP contribution in [0.25, 0.3) is 0 Å². The maximum atomic E-state index is 12.9. The zero-order valence-corrected chi connectivity index (χ0v) is 18.5. The molecule has 7 heteroatoms. The molecule has 5 nitrogen and oxygen atoms in total. The Morgan fingerprint density at radius 3 is 2.14 bits per heavy atom. The van der Waals surface area contributed by atoms with E-state index in [0.29, 0.717) is 5.41 Å². The van der Waals surface area contributed by atoms with Gasteiger partial charge in [0.05, 0.1) is 0 Å². The van der Waals surface area contributed by atoms with Gasteiger partial charge in [0, 0.05) is 57.1 Å². The monoisotopic (exact) mass is 428 g/mol. The first kappa shape index (κ1) is 23.3. The van der Waals surface area contributed by atoms with E-state index in [2.05, 4.69) is 39.1 Å². The predicted octanol–water partition coefficient (Wildman–Crippen LogP) is 2.89. The normalized spacial score (nSPS) is 21.9. The maximum absolute atomic E-state index is 12.9. The second kappa shape index (κ2) is 10.1. The molecule has 0 unspecified atom stereocenters. The summed E-state index contributed by atoms with van der Waals surface area (Å²) in [6, 6.07) is 8.29. The molecule has 1 N–H and O–H groups in total. The first-order valence-electron chi connectivity index (χ1n) is 10.3. The quantitative estimate of drug-likeness (QED) is 0.802. The van der Waals surface area contributed by atoms with Gasteiger partial charge in [-0.15, -0.1) is 24.8 Å². The Kier molecular flexibility index (Phi) is 8.44. The summed E-state index contributed by atoms with van der Waals surface area (Å²) in [6.45, 7) is 11.8. The average Bonchev–Trinajstić information content (AvgIpc) is 3.16. The number of hydrogen-bond donors (Lipinski definition) is 1. The van der Waals surface area contributed by atoms with Crippen molar-refractivity contribution in [1.82, 2.24) is 15.1 Å². The maximum Gasteiger partial charge on any atom is 0.253 e. The summed E-state index contributed by atoms with van der Waals surface area (Å²) >= 11 is 0. The van der Waals surface area contributed by atoms with Crippen LogP contribution in [-0.4, -0.2) is 74.6 Å². The van der Waals surface area contributed by atoms with Crippen molar-refractivity contribution < 1.29 is 4.79 Å². The van der Waals surface area contributed by atoms with E-state index in [1.54, 1.807) is 0 Å². The Balaban J connectivity index is 0.00000140. The number of carbonyl (C=O) groups is 1. The third kappa shape index (κ3) is 4.93. The number of piperazine rings is 1. The van der Waals surface area contributed by atoms with Gasteiger partial charge in [0.25, 0.3) is 5.91 Å². The van der Waals surface area contributed by atoms with Gasteiger partial charge in [-0.05, 0) is 62.0 Å². The minimum absolute atomic E-state index is 0. The summed E-state index contributed by atoms with van der Waals surface area (Å²) in [6.07, 6.45) is 3.56. The van der Waals surface area contributed by atoms with Crippen LogP contribution in [-0.2, 0) is 0 Å². The third-order valence-electron chi connectivity index (χ3n) is 6.74. The Hall–Kier alpha value is -1.01. The Morgan fingerprint density at radius 2 is 1.61 bits per heavy atom. The van der Waals surface area contributed by atoms with Crippen molar-refractivity contribution in [2.24, 2.45) is 5.41 Å². The lowest BCUT2D eigenvalue weighted by Crippen LogP contribution is -2.46. The molecule has 0 saturated carbocycles. The number of likely N-dealkylation sites (N-methyl/N-ethyl adjacent to an activating group) is 1. The van der Waals surface area contributed by atoms with Gasteiger partial charge in [0.15, 0.2) is 0 Å². The van der Waals surface area contributed by atoms with Crippen LogP contribution in [0.5, 0.6) is 0 Å². The number of rotatable bonds is 3. The minimum atomic E-state index is 0. The van der Waals surface area contributed by atoms with E-state index >= 15 is 0 Å². The van der Waals surface area contributed by atoms with E-state index in [1.807, 2.05) is 12.1 Å². The zero-order valence-electron chi connectivity index (χ0n) is 16.9. The van der Waals surface area contributed by atoms with Crippen LogP contribution in [0.3, 0.4) is 0 Å². The molecular weight excluding hydrogens is 395 g/mol. The smallest absolute Gasteiger partial charge is 0.253 e. The van der Waals surface area contributed by atoms with Crippen molar-refractivity contribution in [1.29, 1.82) is 0 Å². The number of nitrogens with zero attached hydrogens (tertiary/aromatic N) is 3. The Bertz CT molecular complexity index is 616. The number of likely N-dealkylation sites (tertiary alicyclic amines) is 1. The number of halogens is 2. The fraction of sp³-hybridized carbons (Fsp3) is 0.667. The van der Waals surface area contributed by atoms with Crippen LogP contribution in [0, 0.1) is 5.41 Å². The highest BCUT2D eigenvalue weighted by atomic mass is 35.5. The van der Waals surface area contributed by atoms with E-state index in [1.165, 1.54) is 12.1 Å². The van der Waals surface area contributed by atoms with Gasteiger partial charge in [0.1, 0.15) is 0 Å². The second-order valence-corrected chi connectivity index (χ2v) is 8.19. The van der Waals surface area contributed by atoms with Crippen LogP contribution in [0.1, 0.15) is 36.5 Å². The molecule has 0 bridgehead atoms.